The molecule has 1 saturated heterocycles. The first-order valence-corrected chi connectivity index (χ1v) is 7.48. The molecule has 1 aliphatic rings. The van der Waals surface area contributed by atoms with Gasteiger partial charge >= 0.3 is 0 Å². The molecule has 4 nitrogen and oxygen atoms in total. The van der Waals surface area contributed by atoms with Gasteiger partial charge in [-0.1, -0.05) is 6.07 Å². The van der Waals surface area contributed by atoms with Crippen LogP contribution in [0.5, 0.6) is 0 Å². The van der Waals surface area contributed by atoms with Gasteiger partial charge in [-0.25, -0.2) is 17.2 Å². The van der Waals surface area contributed by atoms with Gasteiger partial charge in [-0.2, -0.15) is 4.31 Å². The van der Waals surface area contributed by atoms with Gasteiger partial charge in [0.2, 0.25) is 10.0 Å². The highest BCUT2D eigenvalue weighted by molar-refractivity contribution is 7.89. The van der Waals surface area contributed by atoms with E-state index in [-0.39, 0.29) is 18.5 Å². The molecule has 0 aliphatic carbocycles. The van der Waals surface area contributed by atoms with E-state index in [4.69, 9.17) is 5.73 Å². The monoisotopic (exact) mass is 290 g/mol. The fourth-order valence-electron chi connectivity index (χ4n) is 2.46. The first kappa shape index (κ1) is 14.4. The van der Waals surface area contributed by atoms with Crippen LogP contribution in [0.25, 0.3) is 0 Å². The molecule has 0 aromatic heterocycles. The second-order valence-electron chi connectivity index (χ2n) is 4.81. The van der Waals surface area contributed by atoms with Crippen LogP contribution in [0.1, 0.15) is 13.3 Å². The van der Waals surface area contributed by atoms with Crippen molar-refractivity contribution in [3.05, 3.63) is 29.8 Å². The minimum absolute atomic E-state index is 0.0274. The lowest BCUT2D eigenvalue weighted by molar-refractivity contribution is 0.396. The Hall–Kier alpha value is -1.05. The summed E-state index contributed by atoms with van der Waals surface area (Å²) in [6.07, 6.45) is 0.603. The molecule has 2 atom stereocenters. The number of hydrogen-bond donors (Lipinski definition) is 1. The molecule has 1 aliphatic heterocycles. The smallest absolute Gasteiger partial charge is 0.249 e. The molecule has 0 saturated carbocycles. The number of sulfonamides is 1. The van der Waals surface area contributed by atoms with Crippen LogP contribution in [-0.4, -0.2) is 31.9 Å². The highest BCUT2D eigenvalue weighted by atomic mass is 32.2. The minimum atomic E-state index is -4.16. The maximum absolute atomic E-state index is 13.6. The summed E-state index contributed by atoms with van der Waals surface area (Å²) < 4.78 is 53.1. The fraction of sp³-hybridized carbons (Fsp3) is 0.500. The molecule has 0 radical (unpaired) electrons. The Morgan fingerprint density at radius 3 is 2.42 bits per heavy atom. The van der Waals surface area contributed by atoms with Crippen LogP contribution in [0, 0.1) is 17.6 Å². The fourth-order valence-corrected chi connectivity index (χ4v) is 4.29. The summed E-state index contributed by atoms with van der Waals surface area (Å²) in [5.41, 5.74) is 5.53. The third-order valence-corrected chi connectivity index (χ3v) is 5.46. The standard InChI is InChI=1S/C12H16F2N2O2S/c1-8-5-9(6-15)7-16(8)19(17,18)12-10(13)3-2-4-11(12)14/h2-4,8-9H,5-7,15H2,1H3. The van der Waals surface area contributed by atoms with Crippen molar-refractivity contribution in [2.24, 2.45) is 11.7 Å². The topological polar surface area (TPSA) is 63.4 Å². The van der Waals surface area contributed by atoms with E-state index in [1.54, 1.807) is 6.92 Å². The van der Waals surface area contributed by atoms with Crippen LogP contribution in [0.4, 0.5) is 8.78 Å². The van der Waals surface area contributed by atoms with E-state index in [9.17, 15) is 17.2 Å². The summed E-state index contributed by atoms with van der Waals surface area (Å²) in [5.74, 6) is -2.11. The van der Waals surface area contributed by atoms with Crippen molar-refractivity contribution in [1.82, 2.24) is 4.31 Å². The molecular formula is C12H16F2N2O2S. The second kappa shape index (κ2) is 5.15. The molecule has 19 heavy (non-hydrogen) atoms. The van der Waals surface area contributed by atoms with Crippen LogP contribution >= 0.6 is 0 Å². The van der Waals surface area contributed by atoms with Crippen LogP contribution in [0.15, 0.2) is 23.1 Å². The Kier molecular flexibility index (Phi) is 3.89. The quantitative estimate of drug-likeness (QED) is 0.913. The minimum Gasteiger partial charge on any atom is -0.330 e. The molecule has 2 unspecified atom stereocenters. The van der Waals surface area contributed by atoms with E-state index < -0.39 is 26.6 Å². The number of rotatable bonds is 3. The molecule has 0 bridgehead atoms. The van der Waals surface area contributed by atoms with Crippen LogP contribution < -0.4 is 5.73 Å². The predicted octanol–water partition coefficient (Wildman–Crippen LogP) is 1.32. The van der Waals surface area contributed by atoms with Gasteiger partial charge in [0.05, 0.1) is 0 Å². The van der Waals surface area contributed by atoms with Gasteiger partial charge in [-0.05, 0) is 37.9 Å². The molecule has 7 heteroatoms. The molecule has 0 spiro atoms. The van der Waals surface area contributed by atoms with Gasteiger partial charge in [0.15, 0.2) is 4.90 Å². The van der Waals surface area contributed by atoms with E-state index >= 15 is 0 Å². The van der Waals surface area contributed by atoms with Gasteiger partial charge in [-0.3, -0.25) is 0 Å². The van der Waals surface area contributed by atoms with E-state index in [1.165, 1.54) is 0 Å². The highest BCUT2D eigenvalue weighted by Gasteiger charge is 2.39. The zero-order valence-electron chi connectivity index (χ0n) is 10.5. The first-order valence-electron chi connectivity index (χ1n) is 6.04. The molecule has 1 fully saturated rings. The summed E-state index contributed by atoms with van der Waals surface area (Å²) in [6.45, 7) is 2.27. The lowest BCUT2D eigenvalue weighted by Crippen LogP contribution is -2.35. The van der Waals surface area contributed by atoms with Crippen LogP contribution in [0.3, 0.4) is 0 Å². The molecule has 1 aromatic carbocycles. The van der Waals surface area contributed by atoms with Gasteiger partial charge in [-0.15, -0.1) is 0 Å². The second-order valence-corrected chi connectivity index (χ2v) is 6.64. The highest BCUT2D eigenvalue weighted by Crippen LogP contribution is 2.31. The lowest BCUT2D eigenvalue weighted by Gasteiger charge is -2.21. The predicted molar refractivity (Wildman–Crippen MR) is 66.9 cm³/mol. The summed E-state index contributed by atoms with van der Waals surface area (Å²) >= 11 is 0. The molecule has 106 valence electrons. The SMILES string of the molecule is CC1CC(CN)CN1S(=O)(=O)c1c(F)cccc1F. The number of halogens is 2. The van der Waals surface area contributed by atoms with Crippen molar-refractivity contribution in [3.8, 4) is 0 Å². The zero-order chi connectivity index (χ0) is 14.2. The van der Waals surface area contributed by atoms with Gasteiger partial charge in [0, 0.05) is 12.6 Å². The Balaban J connectivity index is 2.44. The largest absolute Gasteiger partial charge is 0.330 e. The molecule has 0 amide bonds. The maximum Gasteiger partial charge on any atom is 0.249 e. The summed E-state index contributed by atoms with van der Waals surface area (Å²) in [4.78, 5) is -0.875. The number of nitrogens with two attached hydrogens (primary N) is 1. The van der Waals surface area contributed by atoms with Crippen molar-refractivity contribution >= 4 is 10.0 Å². The lowest BCUT2D eigenvalue weighted by atomic mass is 10.1. The van der Waals surface area contributed by atoms with Gasteiger partial charge in [0.1, 0.15) is 11.6 Å². The molecule has 1 aromatic rings. The maximum atomic E-state index is 13.6. The Morgan fingerprint density at radius 1 is 1.37 bits per heavy atom. The number of nitrogens with zero attached hydrogens (tertiary/aromatic N) is 1. The van der Waals surface area contributed by atoms with E-state index in [2.05, 4.69) is 0 Å². The number of hydrogen-bond acceptors (Lipinski definition) is 3. The Labute approximate surface area is 111 Å². The van der Waals surface area contributed by atoms with E-state index in [0.717, 1.165) is 22.5 Å². The average molecular weight is 290 g/mol. The van der Waals surface area contributed by atoms with Crippen LogP contribution in [-0.2, 0) is 10.0 Å². The normalized spacial score (nSPS) is 24.8. The summed E-state index contributed by atoms with van der Waals surface area (Å²) in [6, 6.07) is 2.71. The Bertz CT molecular complexity index is 557. The Morgan fingerprint density at radius 2 is 1.95 bits per heavy atom. The van der Waals surface area contributed by atoms with Crippen molar-refractivity contribution in [3.63, 3.8) is 0 Å². The van der Waals surface area contributed by atoms with E-state index in [0.29, 0.717) is 13.0 Å². The van der Waals surface area contributed by atoms with Crippen molar-refractivity contribution in [2.45, 2.75) is 24.3 Å². The molecule has 1 heterocycles. The third-order valence-electron chi connectivity index (χ3n) is 3.42. The third kappa shape index (κ3) is 2.50. The summed E-state index contributed by atoms with van der Waals surface area (Å²) in [5, 5.41) is 0. The van der Waals surface area contributed by atoms with Gasteiger partial charge < -0.3 is 5.73 Å². The summed E-state index contributed by atoms with van der Waals surface area (Å²) in [7, 11) is -4.16. The van der Waals surface area contributed by atoms with Crippen LogP contribution in [0.2, 0.25) is 0 Å². The average Bonchev–Trinajstić information content (AvgIpc) is 2.70. The van der Waals surface area contributed by atoms with Crippen molar-refractivity contribution in [1.29, 1.82) is 0 Å². The number of benzene rings is 1. The van der Waals surface area contributed by atoms with E-state index in [1.807, 2.05) is 0 Å². The molecule has 2 N–H and O–H groups in total. The van der Waals surface area contributed by atoms with Crippen molar-refractivity contribution in [2.75, 3.05) is 13.1 Å². The van der Waals surface area contributed by atoms with Crippen molar-refractivity contribution < 1.29 is 17.2 Å². The zero-order valence-corrected chi connectivity index (χ0v) is 11.3. The molecular weight excluding hydrogens is 274 g/mol. The first-order chi connectivity index (χ1) is 8.87. The molecule has 2 rings (SSSR count). The van der Waals surface area contributed by atoms with Gasteiger partial charge in [0.25, 0.3) is 0 Å².